The molecule has 0 aliphatic heterocycles. The molecule has 1 saturated carbocycles. The van der Waals surface area contributed by atoms with E-state index in [0.29, 0.717) is 5.76 Å². The Bertz CT molecular complexity index is 449. The molecule has 1 amide bonds. The number of amides is 1. The Balaban J connectivity index is 2.05. The van der Waals surface area contributed by atoms with Crippen LogP contribution in [0.15, 0.2) is 21.7 Å². The summed E-state index contributed by atoms with van der Waals surface area (Å²) in [6, 6.07) is 2.89. The molecular formula is C11H15N3O3. The van der Waals surface area contributed by atoms with E-state index < -0.39 is 6.04 Å². The number of aryl methyl sites for hydroxylation is 1. The molecular weight excluding hydrogens is 222 g/mol. The third-order valence-corrected chi connectivity index (χ3v) is 2.78. The minimum Gasteiger partial charge on any atom is -0.456 e. The van der Waals surface area contributed by atoms with Crippen molar-refractivity contribution in [3.8, 4) is 0 Å². The molecule has 1 unspecified atom stereocenters. The van der Waals surface area contributed by atoms with Gasteiger partial charge in [-0.2, -0.15) is 0 Å². The van der Waals surface area contributed by atoms with Crippen molar-refractivity contribution in [2.24, 2.45) is 16.8 Å². The number of amidine groups is 1. The number of carbonyl (C=O) groups is 1. The van der Waals surface area contributed by atoms with Gasteiger partial charge in [0.15, 0.2) is 11.6 Å². The largest absolute Gasteiger partial charge is 0.456 e. The van der Waals surface area contributed by atoms with Crippen LogP contribution in [0.1, 0.15) is 29.2 Å². The van der Waals surface area contributed by atoms with Crippen LogP contribution in [0.4, 0.5) is 0 Å². The van der Waals surface area contributed by atoms with Gasteiger partial charge in [0, 0.05) is 0 Å². The first kappa shape index (κ1) is 11.5. The van der Waals surface area contributed by atoms with E-state index in [2.05, 4.69) is 10.5 Å². The smallest absolute Gasteiger partial charge is 0.287 e. The van der Waals surface area contributed by atoms with E-state index in [1.165, 1.54) is 0 Å². The Hall–Kier alpha value is -1.98. The number of hydrogen-bond donors (Lipinski definition) is 3. The monoisotopic (exact) mass is 237 g/mol. The molecule has 1 aliphatic rings. The van der Waals surface area contributed by atoms with E-state index >= 15 is 0 Å². The molecule has 0 spiro atoms. The van der Waals surface area contributed by atoms with Gasteiger partial charge in [0.1, 0.15) is 5.76 Å². The van der Waals surface area contributed by atoms with Crippen LogP contribution in [-0.2, 0) is 0 Å². The first-order valence-corrected chi connectivity index (χ1v) is 5.46. The van der Waals surface area contributed by atoms with Crippen molar-refractivity contribution >= 4 is 11.7 Å². The second-order valence-corrected chi connectivity index (χ2v) is 4.22. The zero-order chi connectivity index (χ0) is 12.4. The first-order chi connectivity index (χ1) is 8.11. The Labute approximate surface area is 98.5 Å². The lowest BCUT2D eigenvalue weighted by Crippen LogP contribution is -2.46. The van der Waals surface area contributed by atoms with Crippen LogP contribution in [0.25, 0.3) is 0 Å². The molecule has 92 valence electrons. The van der Waals surface area contributed by atoms with Crippen molar-refractivity contribution in [1.29, 1.82) is 0 Å². The molecule has 0 radical (unpaired) electrons. The number of oxime groups is 1. The van der Waals surface area contributed by atoms with Crippen molar-refractivity contribution in [2.45, 2.75) is 25.8 Å². The second kappa shape index (κ2) is 4.48. The van der Waals surface area contributed by atoms with Gasteiger partial charge in [-0.1, -0.05) is 5.16 Å². The lowest BCUT2D eigenvalue weighted by atomic mass is 10.1. The van der Waals surface area contributed by atoms with Gasteiger partial charge >= 0.3 is 0 Å². The van der Waals surface area contributed by atoms with Gasteiger partial charge in [0.2, 0.25) is 0 Å². The fraction of sp³-hybridized carbons (Fsp3) is 0.455. The van der Waals surface area contributed by atoms with E-state index in [-0.39, 0.29) is 23.4 Å². The predicted molar refractivity (Wildman–Crippen MR) is 60.8 cm³/mol. The van der Waals surface area contributed by atoms with Crippen LogP contribution >= 0.6 is 0 Å². The number of hydrogen-bond acceptors (Lipinski definition) is 4. The maximum absolute atomic E-state index is 11.8. The zero-order valence-electron chi connectivity index (χ0n) is 9.51. The maximum atomic E-state index is 11.8. The predicted octanol–water partition coefficient (Wildman–Crippen LogP) is 0.843. The molecule has 4 N–H and O–H groups in total. The average molecular weight is 237 g/mol. The summed E-state index contributed by atoms with van der Waals surface area (Å²) >= 11 is 0. The lowest BCUT2D eigenvalue weighted by Gasteiger charge is -2.15. The maximum Gasteiger partial charge on any atom is 0.287 e. The summed E-state index contributed by atoms with van der Waals surface area (Å²) in [7, 11) is 0. The van der Waals surface area contributed by atoms with E-state index in [0.717, 1.165) is 12.8 Å². The standard InChI is InChI=1S/C11H15N3O3/c1-6-2-5-8(17-6)11(15)13-9(7-3-4-7)10(12)14-16/h2,5,7,9,16H,3-4H2,1H3,(H2,12,14)(H,13,15). The van der Waals surface area contributed by atoms with Crippen molar-refractivity contribution in [2.75, 3.05) is 0 Å². The average Bonchev–Trinajstić information content (AvgIpc) is 3.06. The number of nitrogens with one attached hydrogen (secondary N) is 1. The van der Waals surface area contributed by atoms with Gasteiger partial charge < -0.3 is 20.7 Å². The molecule has 1 aromatic heterocycles. The topological polar surface area (TPSA) is 101 Å². The summed E-state index contributed by atoms with van der Waals surface area (Å²) in [5, 5.41) is 14.3. The van der Waals surface area contributed by atoms with Gasteiger partial charge in [-0.05, 0) is 37.8 Å². The van der Waals surface area contributed by atoms with Crippen LogP contribution in [0, 0.1) is 12.8 Å². The number of carbonyl (C=O) groups excluding carboxylic acids is 1. The molecule has 6 nitrogen and oxygen atoms in total. The highest BCUT2D eigenvalue weighted by Crippen LogP contribution is 2.32. The SMILES string of the molecule is Cc1ccc(C(=O)NC(C(N)=NO)C2CC2)o1. The Kier molecular flexibility index (Phi) is 3.03. The van der Waals surface area contributed by atoms with E-state index in [9.17, 15) is 4.79 Å². The van der Waals surface area contributed by atoms with Crippen LogP contribution in [-0.4, -0.2) is 23.0 Å². The molecule has 1 heterocycles. The minimum absolute atomic E-state index is 0.0316. The molecule has 1 aromatic rings. The van der Waals surface area contributed by atoms with Gasteiger partial charge in [0.05, 0.1) is 6.04 Å². The summed E-state index contributed by atoms with van der Waals surface area (Å²) in [5.41, 5.74) is 5.54. The molecule has 0 saturated heterocycles. The van der Waals surface area contributed by atoms with Crippen LogP contribution in [0.3, 0.4) is 0 Å². The second-order valence-electron chi connectivity index (χ2n) is 4.22. The summed E-state index contributed by atoms with van der Waals surface area (Å²) in [6.07, 6.45) is 1.94. The lowest BCUT2D eigenvalue weighted by molar-refractivity contribution is 0.0913. The molecule has 1 aliphatic carbocycles. The Morgan fingerprint density at radius 3 is 2.82 bits per heavy atom. The summed E-state index contributed by atoms with van der Waals surface area (Å²) in [6.45, 7) is 1.76. The van der Waals surface area contributed by atoms with E-state index in [1.807, 2.05) is 0 Å². The number of nitrogens with two attached hydrogens (primary N) is 1. The zero-order valence-corrected chi connectivity index (χ0v) is 9.51. The number of nitrogens with zero attached hydrogens (tertiary/aromatic N) is 1. The van der Waals surface area contributed by atoms with Crippen molar-refractivity contribution in [3.63, 3.8) is 0 Å². The van der Waals surface area contributed by atoms with Gasteiger partial charge in [-0.25, -0.2) is 0 Å². The van der Waals surface area contributed by atoms with Crippen molar-refractivity contribution < 1.29 is 14.4 Å². The van der Waals surface area contributed by atoms with Gasteiger partial charge in [-0.15, -0.1) is 0 Å². The van der Waals surface area contributed by atoms with Crippen LogP contribution in [0.5, 0.6) is 0 Å². The molecule has 1 fully saturated rings. The normalized spacial score (nSPS) is 17.8. The summed E-state index contributed by atoms with van der Waals surface area (Å²) in [5.74, 6) is 0.845. The van der Waals surface area contributed by atoms with Crippen LogP contribution < -0.4 is 11.1 Å². The minimum atomic E-state index is -0.419. The fourth-order valence-electron chi connectivity index (χ4n) is 1.69. The third kappa shape index (κ3) is 2.58. The number of furan rings is 1. The molecule has 17 heavy (non-hydrogen) atoms. The molecule has 1 atom stereocenters. The molecule has 0 bridgehead atoms. The number of rotatable bonds is 4. The Morgan fingerprint density at radius 1 is 1.65 bits per heavy atom. The quantitative estimate of drug-likeness (QED) is 0.312. The fourth-order valence-corrected chi connectivity index (χ4v) is 1.69. The molecule has 2 rings (SSSR count). The van der Waals surface area contributed by atoms with Crippen molar-refractivity contribution in [3.05, 3.63) is 23.7 Å². The molecule has 0 aromatic carbocycles. The van der Waals surface area contributed by atoms with E-state index in [4.69, 9.17) is 15.4 Å². The summed E-state index contributed by atoms with van der Waals surface area (Å²) in [4.78, 5) is 11.8. The highest BCUT2D eigenvalue weighted by molar-refractivity contribution is 5.96. The van der Waals surface area contributed by atoms with E-state index in [1.54, 1.807) is 19.1 Å². The highest BCUT2D eigenvalue weighted by atomic mass is 16.4. The third-order valence-electron chi connectivity index (χ3n) is 2.78. The van der Waals surface area contributed by atoms with Gasteiger partial charge in [0.25, 0.3) is 5.91 Å². The first-order valence-electron chi connectivity index (χ1n) is 5.46. The van der Waals surface area contributed by atoms with Crippen LogP contribution in [0.2, 0.25) is 0 Å². The van der Waals surface area contributed by atoms with Gasteiger partial charge in [-0.3, -0.25) is 4.79 Å². The Morgan fingerprint density at radius 2 is 2.35 bits per heavy atom. The highest BCUT2D eigenvalue weighted by Gasteiger charge is 2.35. The summed E-state index contributed by atoms with van der Waals surface area (Å²) < 4.78 is 5.20. The molecule has 6 heteroatoms. The van der Waals surface area contributed by atoms with Crippen molar-refractivity contribution in [1.82, 2.24) is 5.32 Å².